The molecule has 0 aliphatic carbocycles. The molecule has 2 aromatic rings. The predicted octanol–water partition coefficient (Wildman–Crippen LogP) is 4.84. The molecular weight excluding hydrogens is 546 g/mol. The van der Waals surface area contributed by atoms with Crippen molar-refractivity contribution in [3.05, 3.63) is 53.6 Å². The van der Waals surface area contributed by atoms with Gasteiger partial charge in [-0.15, -0.1) is 0 Å². The Balaban J connectivity index is 1.55. The average Bonchev–Trinajstić information content (AvgIpc) is 3.58. The highest BCUT2D eigenvalue weighted by Crippen LogP contribution is 2.64. The van der Waals surface area contributed by atoms with Crippen LogP contribution in [0.3, 0.4) is 0 Å². The van der Waals surface area contributed by atoms with Gasteiger partial charge >= 0.3 is 0 Å². The Morgan fingerprint density at radius 3 is 2.30 bits per heavy atom. The number of benzene rings is 2. The van der Waals surface area contributed by atoms with Gasteiger partial charge in [0.1, 0.15) is 17.4 Å². The fourth-order valence-corrected chi connectivity index (χ4v) is 7.79. The fraction of sp³-hybridized carbons (Fsp3) is 0.559. The van der Waals surface area contributed by atoms with Gasteiger partial charge in [0.25, 0.3) is 0 Å². The van der Waals surface area contributed by atoms with E-state index in [1.54, 1.807) is 29.2 Å². The van der Waals surface area contributed by atoms with Crippen molar-refractivity contribution in [2.45, 2.75) is 90.5 Å². The molecule has 9 nitrogen and oxygen atoms in total. The van der Waals surface area contributed by atoms with Crippen molar-refractivity contribution in [3.63, 3.8) is 0 Å². The number of hydrogen-bond acceptors (Lipinski definition) is 6. The molecule has 5 rings (SSSR count). The van der Waals surface area contributed by atoms with Crippen LogP contribution in [0.5, 0.6) is 5.75 Å². The molecule has 2 aromatic carbocycles. The maximum Gasteiger partial charge on any atom is 0.250 e. The summed E-state index contributed by atoms with van der Waals surface area (Å²) >= 11 is 0. The molecule has 43 heavy (non-hydrogen) atoms. The average molecular weight is 592 g/mol. The fourth-order valence-electron chi connectivity index (χ4n) is 7.79. The minimum atomic E-state index is -1.18. The number of aliphatic hydroxyl groups excluding tert-OH is 1. The summed E-state index contributed by atoms with van der Waals surface area (Å²) in [4.78, 5) is 44.6. The van der Waals surface area contributed by atoms with Crippen molar-refractivity contribution >= 4 is 29.1 Å². The lowest BCUT2D eigenvalue weighted by Gasteiger charge is -2.38. The highest BCUT2D eigenvalue weighted by Gasteiger charge is 2.79. The first-order valence-corrected chi connectivity index (χ1v) is 15.6. The number of para-hydroxylation sites is 1. The van der Waals surface area contributed by atoms with Crippen LogP contribution in [0.4, 0.5) is 11.4 Å². The van der Waals surface area contributed by atoms with Crippen LogP contribution >= 0.6 is 0 Å². The van der Waals surface area contributed by atoms with E-state index in [0.29, 0.717) is 49.4 Å². The molecule has 3 fully saturated rings. The Morgan fingerprint density at radius 1 is 1.05 bits per heavy atom. The summed E-state index contributed by atoms with van der Waals surface area (Å²) in [6.07, 6.45) is 2.08. The molecule has 3 N–H and O–H groups in total. The van der Waals surface area contributed by atoms with Crippen LogP contribution in [0, 0.1) is 31.6 Å². The van der Waals surface area contributed by atoms with Crippen molar-refractivity contribution in [1.29, 1.82) is 0 Å². The van der Waals surface area contributed by atoms with E-state index in [9.17, 15) is 19.5 Å². The Labute approximate surface area is 254 Å². The molecule has 0 saturated carbocycles. The largest absolute Gasteiger partial charge is 0.494 e. The molecule has 2 bridgehead atoms. The van der Waals surface area contributed by atoms with E-state index in [0.717, 1.165) is 11.1 Å². The van der Waals surface area contributed by atoms with Crippen molar-refractivity contribution < 1.29 is 29.0 Å². The molecule has 3 aliphatic rings. The van der Waals surface area contributed by atoms with Gasteiger partial charge in [0, 0.05) is 11.4 Å². The van der Waals surface area contributed by atoms with Crippen molar-refractivity contribution in [2.75, 3.05) is 23.8 Å². The molecule has 3 amide bonds. The number of rotatable bonds is 11. The lowest BCUT2D eigenvalue weighted by molar-refractivity contribution is -0.148. The van der Waals surface area contributed by atoms with Gasteiger partial charge in [-0.1, -0.05) is 39.0 Å². The Kier molecular flexibility index (Phi) is 8.60. The lowest BCUT2D eigenvalue weighted by atomic mass is 9.65. The minimum Gasteiger partial charge on any atom is -0.494 e. The number of carbonyl (C=O) groups is 3. The number of amides is 3. The van der Waals surface area contributed by atoms with Gasteiger partial charge in [0.2, 0.25) is 17.7 Å². The molecule has 3 saturated heterocycles. The van der Waals surface area contributed by atoms with Gasteiger partial charge in [0.15, 0.2) is 0 Å². The topological polar surface area (TPSA) is 117 Å². The van der Waals surface area contributed by atoms with E-state index < -0.39 is 35.1 Å². The summed E-state index contributed by atoms with van der Waals surface area (Å²) in [6.45, 7) is 12.0. The number of aryl methyl sites for hydroxylation is 2. The van der Waals surface area contributed by atoms with E-state index in [1.165, 1.54) is 0 Å². The molecule has 1 spiro atoms. The summed E-state index contributed by atoms with van der Waals surface area (Å²) in [7, 11) is 0. The van der Waals surface area contributed by atoms with Crippen molar-refractivity contribution in [3.8, 4) is 5.75 Å². The molecule has 2 unspecified atom stereocenters. The molecule has 3 heterocycles. The van der Waals surface area contributed by atoms with Crippen LogP contribution in [0.2, 0.25) is 0 Å². The van der Waals surface area contributed by atoms with E-state index in [2.05, 4.69) is 10.6 Å². The van der Waals surface area contributed by atoms with Gasteiger partial charge in [-0.05, 0) is 87.8 Å². The summed E-state index contributed by atoms with van der Waals surface area (Å²) in [6, 6.07) is 11.4. The van der Waals surface area contributed by atoms with Gasteiger partial charge < -0.3 is 30.1 Å². The standard InChI is InChI=1S/C34H45N3O6/c1-7-33-16-17-34(43-33)27(26(33)30(39)35-23-12-14-25(15-13-23)42-8-2)32(41)37(24(19-38)18-20(3)4)29(34)31(40)36-28-21(5)10-9-11-22(28)6/h9-15,20,24,26-27,29,38H,7-8,16-19H2,1-6H3,(H,35,39)(H,36,40)/t24-,26+,27+,29?,33-,34?/m1/s1. The maximum absolute atomic E-state index is 14.6. The number of likely N-dealkylation sites (tertiary alicyclic amines) is 1. The van der Waals surface area contributed by atoms with Gasteiger partial charge in [0.05, 0.1) is 36.7 Å². The summed E-state index contributed by atoms with van der Waals surface area (Å²) in [5, 5.41) is 16.7. The number of aliphatic hydroxyl groups is 1. The van der Waals surface area contributed by atoms with Crippen molar-refractivity contribution in [2.24, 2.45) is 17.8 Å². The van der Waals surface area contributed by atoms with Crippen LogP contribution < -0.4 is 15.4 Å². The molecule has 9 heteroatoms. The number of carbonyl (C=O) groups excluding carboxylic acids is 3. The number of anilines is 2. The second-order valence-corrected chi connectivity index (χ2v) is 12.7. The number of hydrogen-bond donors (Lipinski definition) is 3. The first-order chi connectivity index (χ1) is 20.5. The van der Waals surface area contributed by atoms with E-state index in [-0.39, 0.29) is 30.2 Å². The van der Waals surface area contributed by atoms with Gasteiger partial charge in [-0.25, -0.2) is 0 Å². The number of nitrogens with one attached hydrogen (secondary N) is 2. The summed E-state index contributed by atoms with van der Waals surface area (Å²) in [5.74, 6) is -1.72. The Bertz CT molecular complexity index is 1360. The quantitative estimate of drug-likeness (QED) is 0.344. The summed E-state index contributed by atoms with van der Waals surface area (Å²) in [5.41, 5.74) is 1.06. The highest BCUT2D eigenvalue weighted by atomic mass is 16.5. The van der Waals surface area contributed by atoms with E-state index >= 15 is 0 Å². The molecule has 6 atom stereocenters. The third-order valence-electron chi connectivity index (χ3n) is 9.66. The first-order valence-electron chi connectivity index (χ1n) is 15.6. The normalized spacial score (nSPS) is 28.2. The van der Waals surface area contributed by atoms with Crippen molar-refractivity contribution in [1.82, 2.24) is 4.90 Å². The zero-order chi connectivity index (χ0) is 31.1. The van der Waals surface area contributed by atoms with Crippen LogP contribution in [0.15, 0.2) is 42.5 Å². The first kappa shape index (κ1) is 31.0. The second kappa shape index (κ2) is 11.9. The van der Waals surface area contributed by atoms with Gasteiger partial charge in [-0.2, -0.15) is 0 Å². The third-order valence-corrected chi connectivity index (χ3v) is 9.66. The molecule has 0 radical (unpaired) electrons. The van der Waals surface area contributed by atoms with Crippen LogP contribution in [0.25, 0.3) is 0 Å². The maximum atomic E-state index is 14.6. The molecule has 232 valence electrons. The van der Waals surface area contributed by atoms with Crippen LogP contribution in [-0.4, -0.2) is 64.2 Å². The van der Waals surface area contributed by atoms with E-state index in [1.807, 2.05) is 59.7 Å². The smallest absolute Gasteiger partial charge is 0.250 e. The van der Waals surface area contributed by atoms with Crippen LogP contribution in [0.1, 0.15) is 64.5 Å². The number of fused-ring (bicyclic) bond motifs is 1. The monoisotopic (exact) mass is 591 g/mol. The Morgan fingerprint density at radius 2 is 1.72 bits per heavy atom. The van der Waals surface area contributed by atoms with E-state index in [4.69, 9.17) is 9.47 Å². The highest BCUT2D eigenvalue weighted by molar-refractivity contribution is 6.05. The molecule has 0 aromatic heterocycles. The zero-order valence-corrected chi connectivity index (χ0v) is 26.1. The van der Waals surface area contributed by atoms with Gasteiger partial charge in [-0.3, -0.25) is 14.4 Å². The lowest BCUT2D eigenvalue weighted by Crippen LogP contribution is -2.56. The number of nitrogens with zero attached hydrogens (tertiary/aromatic N) is 1. The van der Waals surface area contributed by atoms with Crippen LogP contribution in [-0.2, 0) is 19.1 Å². The third kappa shape index (κ3) is 5.20. The SMILES string of the molecule is CCOc1ccc(NC(=O)[C@@H]2[C@H]3C(=O)N([C@@H](CO)CC(C)C)C(C(=O)Nc4c(C)cccc4C)C34CC[C@@]2(CC)O4)cc1. The summed E-state index contributed by atoms with van der Waals surface area (Å²) < 4.78 is 12.4. The second-order valence-electron chi connectivity index (χ2n) is 12.7. The minimum absolute atomic E-state index is 0.170. The molecular formula is C34H45N3O6. The zero-order valence-electron chi connectivity index (χ0n) is 26.1. The predicted molar refractivity (Wildman–Crippen MR) is 165 cm³/mol. The Hall–Kier alpha value is -3.43. The number of ether oxygens (including phenoxy) is 2. The molecule has 3 aliphatic heterocycles.